The first-order valence-corrected chi connectivity index (χ1v) is 12.9. The summed E-state index contributed by atoms with van der Waals surface area (Å²) in [4.78, 5) is 16.1. The number of likely N-dealkylation sites (tertiary alicyclic amines) is 1. The first-order chi connectivity index (χ1) is 17.9. The number of fused-ring (bicyclic) bond motifs is 2. The van der Waals surface area contributed by atoms with Crippen LogP contribution in [0.15, 0.2) is 50.0 Å². The van der Waals surface area contributed by atoms with Crippen LogP contribution in [-0.4, -0.2) is 64.5 Å². The van der Waals surface area contributed by atoms with Crippen molar-refractivity contribution in [1.29, 1.82) is 0 Å². The maximum atomic E-state index is 10.4. The molecule has 8 nitrogen and oxygen atoms in total. The average Bonchev–Trinajstić information content (AvgIpc) is 3.49. The van der Waals surface area contributed by atoms with Crippen molar-refractivity contribution in [1.82, 2.24) is 34.2 Å². The van der Waals surface area contributed by atoms with Crippen LogP contribution in [0, 0.1) is 17.8 Å². The lowest BCUT2D eigenvalue weighted by Gasteiger charge is -2.40. The molecule has 0 unspecified atom stereocenters. The van der Waals surface area contributed by atoms with Gasteiger partial charge in [0.2, 0.25) is 5.28 Å². The number of aryl methyl sites for hydroxylation is 1. The lowest BCUT2D eigenvalue weighted by molar-refractivity contribution is 0.104. The van der Waals surface area contributed by atoms with E-state index in [2.05, 4.69) is 55.6 Å². The minimum atomic E-state index is -1.48. The fourth-order valence-electron chi connectivity index (χ4n) is 4.87. The smallest absolute Gasteiger partial charge is 0.223 e. The number of aromatic nitrogens is 6. The minimum absolute atomic E-state index is 0.175. The van der Waals surface area contributed by atoms with Crippen LogP contribution in [0.5, 0.6) is 0 Å². The van der Waals surface area contributed by atoms with E-state index in [0.717, 1.165) is 35.5 Å². The van der Waals surface area contributed by atoms with Gasteiger partial charge in [0, 0.05) is 43.3 Å². The summed E-state index contributed by atoms with van der Waals surface area (Å²) >= 11 is 6.37. The molecular formula is C28H28ClN7O. The molecule has 188 valence electrons. The van der Waals surface area contributed by atoms with Crippen LogP contribution in [0.1, 0.15) is 31.5 Å². The molecule has 1 aliphatic carbocycles. The second kappa shape index (κ2) is 9.10. The number of rotatable bonds is 7. The van der Waals surface area contributed by atoms with Gasteiger partial charge >= 0.3 is 0 Å². The molecular weight excluding hydrogens is 486 g/mol. The molecule has 1 N–H and O–H groups in total. The van der Waals surface area contributed by atoms with Gasteiger partial charge < -0.3 is 9.67 Å². The molecule has 0 radical (unpaired) electrons. The van der Waals surface area contributed by atoms with E-state index in [4.69, 9.17) is 16.7 Å². The highest BCUT2D eigenvalue weighted by molar-refractivity contribution is 6.29. The number of hydrogen-bond acceptors (Lipinski definition) is 6. The number of aliphatic hydroxyl groups is 1. The zero-order valence-electron chi connectivity index (χ0n) is 20.7. The molecule has 2 fully saturated rings. The van der Waals surface area contributed by atoms with Crippen LogP contribution in [0.4, 0.5) is 0 Å². The van der Waals surface area contributed by atoms with E-state index in [1.54, 1.807) is 0 Å². The Morgan fingerprint density at radius 1 is 1.22 bits per heavy atom. The van der Waals surface area contributed by atoms with Crippen molar-refractivity contribution in [3.8, 4) is 23.1 Å². The first-order valence-electron chi connectivity index (χ1n) is 12.6. The Hall–Kier alpha value is -3.51. The van der Waals surface area contributed by atoms with Gasteiger partial charge in [0.05, 0.1) is 24.0 Å². The van der Waals surface area contributed by atoms with Crippen LogP contribution in [0.3, 0.4) is 0 Å². The fraction of sp³-hybridized carbons (Fsp3) is 0.357. The summed E-state index contributed by atoms with van der Waals surface area (Å²) in [5.74, 6) is 6.64. The Bertz CT molecular complexity index is 1590. The summed E-state index contributed by atoms with van der Waals surface area (Å²) in [6.07, 6.45) is 11.3. The van der Waals surface area contributed by atoms with Crippen LogP contribution in [-0.2, 0) is 6.54 Å². The maximum Gasteiger partial charge on any atom is 0.223 e. The van der Waals surface area contributed by atoms with E-state index in [0.29, 0.717) is 35.0 Å². The number of halogens is 1. The predicted molar refractivity (Wildman–Crippen MR) is 145 cm³/mol. The molecule has 2 aliphatic rings. The summed E-state index contributed by atoms with van der Waals surface area (Å²) < 4.78 is 4.13. The summed E-state index contributed by atoms with van der Waals surface area (Å²) in [6, 6.07) is 2.28. The Balaban J connectivity index is 1.48. The molecule has 0 aromatic carbocycles. The Morgan fingerprint density at radius 2 is 2.00 bits per heavy atom. The molecule has 9 heteroatoms. The third kappa shape index (κ3) is 4.44. The second-order valence-corrected chi connectivity index (χ2v) is 10.2. The Labute approximate surface area is 220 Å². The molecule has 1 aliphatic heterocycles. The SMILES string of the molecule is C=CC(O)(C#Cc1cc2c(-c3nc(Cl)nc4cn(CC)nc34)cn(C3CN(CC4CC4)C3)c2cn1)C=C. The molecule has 6 rings (SSSR count). The van der Waals surface area contributed by atoms with Gasteiger partial charge in [-0.05, 0) is 61.4 Å². The van der Waals surface area contributed by atoms with Gasteiger partial charge in [0.15, 0.2) is 5.60 Å². The molecule has 0 bridgehead atoms. The van der Waals surface area contributed by atoms with Crippen molar-refractivity contribution < 1.29 is 5.11 Å². The lowest BCUT2D eigenvalue weighted by Crippen LogP contribution is -2.48. The first kappa shape index (κ1) is 23.9. The monoisotopic (exact) mass is 513 g/mol. The van der Waals surface area contributed by atoms with Crippen LogP contribution in [0.25, 0.3) is 33.2 Å². The van der Waals surface area contributed by atoms with E-state index in [-0.39, 0.29) is 5.28 Å². The second-order valence-electron chi connectivity index (χ2n) is 9.90. The molecule has 1 saturated heterocycles. The van der Waals surface area contributed by atoms with Gasteiger partial charge in [-0.3, -0.25) is 9.58 Å². The number of nitrogens with zero attached hydrogens (tertiary/aromatic N) is 7. The van der Waals surface area contributed by atoms with Crippen molar-refractivity contribution in [3.63, 3.8) is 0 Å². The van der Waals surface area contributed by atoms with E-state index in [1.807, 2.05) is 30.1 Å². The zero-order valence-corrected chi connectivity index (χ0v) is 21.5. The molecule has 5 heterocycles. The fourth-order valence-corrected chi connectivity index (χ4v) is 5.05. The minimum Gasteiger partial charge on any atom is -0.370 e. The van der Waals surface area contributed by atoms with Gasteiger partial charge in [-0.2, -0.15) is 5.10 Å². The predicted octanol–water partition coefficient (Wildman–Crippen LogP) is 4.24. The number of pyridine rings is 1. The summed E-state index contributed by atoms with van der Waals surface area (Å²) in [5, 5.41) is 16.3. The van der Waals surface area contributed by atoms with Crippen molar-refractivity contribution >= 4 is 33.5 Å². The molecule has 0 amide bonds. The number of hydrogen-bond donors (Lipinski definition) is 1. The largest absolute Gasteiger partial charge is 0.370 e. The van der Waals surface area contributed by atoms with Gasteiger partial charge in [0.25, 0.3) is 0 Å². The van der Waals surface area contributed by atoms with Gasteiger partial charge in [-0.1, -0.05) is 19.1 Å². The van der Waals surface area contributed by atoms with Gasteiger partial charge in [0.1, 0.15) is 22.4 Å². The van der Waals surface area contributed by atoms with Crippen LogP contribution >= 0.6 is 11.6 Å². The third-order valence-corrected chi connectivity index (χ3v) is 7.41. The molecule has 37 heavy (non-hydrogen) atoms. The van der Waals surface area contributed by atoms with Crippen LogP contribution in [0.2, 0.25) is 5.28 Å². The van der Waals surface area contributed by atoms with Crippen molar-refractivity contribution in [2.24, 2.45) is 5.92 Å². The maximum absolute atomic E-state index is 10.4. The van der Waals surface area contributed by atoms with Crippen LogP contribution < -0.4 is 0 Å². The molecule has 1 saturated carbocycles. The van der Waals surface area contributed by atoms with Crippen molar-refractivity contribution in [3.05, 3.63) is 60.9 Å². The van der Waals surface area contributed by atoms with E-state index in [1.165, 1.54) is 31.5 Å². The van der Waals surface area contributed by atoms with E-state index in [9.17, 15) is 5.11 Å². The highest BCUT2D eigenvalue weighted by Crippen LogP contribution is 2.38. The lowest BCUT2D eigenvalue weighted by atomic mass is 10.1. The Morgan fingerprint density at radius 3 is 2.70 bits per heavy atom. The van der Waals surface area contributed by atoms with Crippen molar-refractivity contribution in [2.75, 3.05) is 19.6 Å². The average molecular weight is 514 g/mol. The van der Waals surface area contributed by atoms with Gasteiger partial charge in [-0.15, -0.1) is 0 Å². The summed E-state index contributed by atoms with van der Waals surface area (Å²) in [6.45, 7) is 13.2. The molecule has 4 aromatic heterocycles. The molecule has 4 aromatic rings. The van der Waals surface area contributed by atoms with Gasteiger partial charge in [-0.25, -0.2) is 15.0 Å². The standard InChI is InChI=1S/C28H28ClN7O/c1-4-28(37,5-2)10-9-19-11-21-22(25-26-23(31-27(29)32-25)17-35(6-3)33-26)16-36(24(21)12-30-19)20-14-34(15-20)13-18-7-8-18/h4-5,11-12,16-18,20,37H,1-2,6-8,13-15H2,3H3. The van der Waals surface area contributed by atoms with Crippen molar-refractivity contribution in [2.45, 2.75) is 38.0 Å². The zero-order chi connectivity index (χ0) is 25.7. The highest BCUT2D eigenvalue weighted by Gasteiger charge is 2.34. The molecule has 0 atom stereocenters. The quantitative estimate of drug-likeness (QED) is 0.226. The topological polar surface area (TPSA) is 84.9 Å². The highest BCUT2D eigenvalue weighted by atomic mass is 35.5. The Kier molecular flexibility index (Phi) is 5.87. The van der Waals surface area contributed by atoms with E-state index < -0.39 is 5.60 Å². The molecule has 0 spiro atoms. The third-order valence-electron chi connectivity index (χ3n) is 7.24. The summed E-state index contributed by atoms with van der Waals surface area (Å²) in [5.41, 5.74) is 3.02. The van der Waals surface area contributed by atoms with E-state index >= 15 is 0 Å². The summed E-state index contributed by atoms with van der Waals surface area (Å²) in [7, 11) is 0. The normalized spacial score (nSPS) is 16.5.